The molecule has 4 saturated carbocycles. The summed E-state index contributed by atoms with van der Waals surface area (Å²) in [5.41, 5.74) is -15.2. The van der Waals surface area contributed by atoms with Crippen molar-refractivity contribution in [1.82, 2.24) is 4.98 Å². The molecule has 7 rings (SSSR count). The smallest absolute Gasteiger partial charge is 0.355 e. The summed E-state index contributed by atoms with van der Waals surface area (Å²) in [5.74, 6) is -4.34. The number of carbonyl (C=O) groups is 1. The number of hydrogen-bond acceptors (Lipinski definition) is 9. The normalized spacial score (nSPS) is 59.8. The van der Waals surface area contributed by atoms with Crippen LogP contribution in [0.2, 0.25) is 0 Å². The molecule has 2 aliphatic heterocycles. The number of aliphatic hydroxyl groups is 6. The Labute approximate surface area is 202 Å². The number of rotatable bonds is 3. The zero-order chi connectivity index (χ0) is 25.8. The first kappa shape index (κ1) is 23.8. The molecule has 0 unspecified atom stereocenters. The van der Waals surface area contributed by atoms with Gasteiger partial charge in [-0.1, -0.05) is 27.7 Å². The molecule has 7 N–H and O–H groups in total. The summed E-state index contributed by atoms with van der Waals surface area (Å²) in [6, 6.07) is 3.06. The van der Waals surface area contributed by atoms with Gasteiger partial charge in [0.1, 0.15) is 28.1 Å². The van der Waals surface area contributed by atoms with E-state index in [-0.39, 0.29) is 18.5 Å². The first-order valence-corrected chi connectivity index (χ1v) is 12.4. The molecule has 2 saturated heterocycles. The molecule has 6 fully saturated rings. The van der Waals surface area contributed by atoms with Crippen molar-refractivity contribution in [3.63, 3.8) is 0 Å². The van der Waals surface area contributed by atoms with Crippen LogP contribution in [0.5, 0.6) is 0 Å². The minimum atomic E-state index is -2.59. The van der Waals surface area contributed by atoms with Crippen molar-refractivity contribution in [1.29, 1.82) is 0 Å². The molecule has 1 aromatic heterocycles. The number of aromatic amines is 1. The van der Waals surface area contributed by atoms with Gasteiger partial charge >= 0.3 is 5.97 Å². The van der Waals surface area contributed by atoms with Gasteiger partial charge in [-0.3, -0.25) is 0 Å². The summed E-state index contributed by atoms with van der Waals surface area (Å²) in [6.45, 7) is 7.91. The number of esters is 1. The number of H-pyrrole nitrogens is 1. The zero-order valence-corrected chi connectivity index (χ0v) is 20.6. The molecule has 6 bridgehead atoms. The SMILES string of the molecule is CC(C)[C@@]1(O)[C@H](OC(=O)c2ccc[nH]2)[C@@]2(O)[C@@]3(C)C[C@@]4(O)O[C@]5([C@@H](O)[C@@H](C)CC[C@]35O)[C@@]2(O)[C@]41C. The lowest BCUT2D eigenvalue weighted by Gasteiger charge is -2.60. The molecule has 0 aromatic carbocycles. The van der Waals surface area contributed by atoms with Crippen LogP contribution in [0.25, 0.3) is 0 Å². The molecule has 1 aromatic rings. The van der Waals surface area contributed by atoms with Crippen molar-refractivity contribution in [2.24, 2.45) is 22.7 Å². The Morgan fingerprint density at radius 3 is 2.43 bits per heavy atom. The van der Waals surface area contributed by atoms with E-state index in [0.29, 0.717) is 6.42 Å². The Bertz CT molecular complexity index is 1130. The van der Waals surface area contributed by atoms with Crippen molar-refractivity contribution in [2.45, 2.75) is 99.9 Å². The van der Waals surface area contributed by atoms with Gasteiger partial charge in [0.05, 0.1) is 11.5 Å². The molecule has 3 heterocycles. The zero-order valence-electron chi connectivity index (χ0n) is 20.6. The summed E-state index contributed by atoms with van der Waals surface area (Å²) in [6.07, 6.45) is -1.63. The lowest BCUT2D eigenvalue weighted by molar-refractivity contribution is -0.390. The summed E-state index contributed by atoms with van der Waals surface area (Å²) < 4.78 is 12.1. The van der Waals surface area contributed by atoms with Gasteiger partial charge in [0.15, 0.2) is 17.5 Å². The molecule has 1 spiro atoms. The third kappa shape index (κ3) is 1.74. The lowest BCUT2D eigenvalue weighted by atomic mass is 9.52. The summed E-state index contributed by atoms with van der Waals surface area (Å²) in [7, 11) is 0. The summed E-state index contributed by atoms with van der Waals surface area (Å²) in [5, 5.41) is 73.9. The number of carbonyl (C=O) groups excluding carboxylic acids is 1. The van der Waals surface area contributed by atoms with Gasteiger partial charge in [0.2, 0.25) is 0 Å². The molecule has 0 radical (unpaired) electrons. The lowest BCUT2D eigenvalue weighted by Crippen LogP contribution is -2.75. The molecule has 6 aliphatic rings. The van der Waals surface area contributed by atoms with E-state index in [1.54, 1.807) is 26.8 Å². The Hall–Kier alpha value is -1.53. The fraction of sp³-hybridized carbons (Fsp3) is 0.800. The minimum Gasteiger partial charge on any atom is -0.451 e. The van der Waals surface area contributed by atoms with E-state index in [4.69, 9.17) is 9.47 Å². The van der Waals surface area contributed by atoms with Crippen LogP contribution < -0.4 is 0 Å². The molecule has 11 atom stereocenters. The van der Waals surface area contributed by atoms with Crippen molar-refractivity contribution in [2.75, 3.05) is 0 Å². The Morgan fingerprint density at radius 1 is 1.20 bits per heavy atom. The first-order chi connectivity index (χ1) is 16.0. The average Bonchev–Trinajstić information content (AvgIpc) is 3.41. The molecule has 4 aliphatic carbocycles. The van der Waals surface area contributed by atoms with Gasteiger partial charge in [0, 0.05) is 18.0 Å². The summed E-state index contributed by atoms with van der Waals surface area (Å²) in [4.78, 5) is 15.9. The van der Waals surface area contributed by atoms with E-state index >= 15 is 0 Å². The van der Waals surface area contributed by atoms with Gasteiger partial charge in [-0.05, 0) is 43.7 Å². The van der Waals surface area contributed by atoms with Gasteiger partial charge in [-0.15, -0.1) is 0 Å². The number of hydrogen-bond donors (Lipinski definition) is 7. The van der Waals surface area contributed by atoms with Crippen LogP contribution in [-0.2, 0) is 9.47 Å². The number of aromatic nitrogens is 1. The molecular weight excluding hydrogens is 458 g/mol. The predicted molar refractivity (Wildman–Crippen MR) is 119 cm³/mol. The Morgan fingerprint density at radius 2 is 1.86 bits per heavy atom. The van der Waals surface area contributed by atoms with E-state index in [1.165, 1.54) is 26.1 Å². The summed E-state index contributed by atoms with van der Waals surface area (Å²) >= 11 is 0. The minimum absolute atomic E-state index is 0.0654. The number of ether oxygens (including phenoxy) is 2. The fourth-order valence-corrected chi connectivity index (χ4v) is 9.56. The van der Waals surface area contributed by atoms with Crippen molar-refractivity contribution >= 4 is 5.97 Å². The predicted octanol–water partition coefficient (Wildman–Crippen LogP) is -0.188. The van der Waals surface area contributed by atoms with Gasteiger partial charge in [-0.2, -0.15) is 0 Å². The first-order valence-electron chi connectivity index (χ1n) is 12.4. The third-order valence-electron chi connectivity index (χ3n) is 11.3. The largest absolute Gasteiger partial charge is 0.451 e. The Balaban J connectivity index is 1.69. The average molecular weight is 494 g/mol. The van der Waals surface area contributed by atoms with Crippen LogP contribution >= 0.6 is 0 Å². The van der Waals surface area contributed by atoms with Crippen LogP contribution in [0.3, 0.4) is 0 Å². The quantitative estimate of drug-likeness (QED) is 0.282. The molecule has 35 heavy (non-hydrogen) atoms. The second-order valence-electron chi connectivity index (χ2n) is 12.4. The maximum absolute atomic E-state index is 13.2. The van der Waals surface area contributed by atoms with Crippen LogP contribution in [-0.4, -0.2) is 87.6 Å². The van der Waals surface area contributed by atoms with Crippen molar-refractivity contribution in [3.05, 3.63) is 24.0 Å². The maximum atomic E-state index is 13.2. The topological polar surface area (TPSA) is 173 Å². The van der Waals surface area contributed by atoms with Crippen molar-refractivity contribution in [3.8, 4) is 0 Å². The van der Waals surface area contributed by atoms with Crippen LogP contribution in [0.4, 0.5) is 0 Å². The molecule has 194 valence electrons. The monoisotopic (exact) mass is 493 g/mol. The van der Waals surface area contributed by atoms with E-state index in [9.17, 15) is 35.4 Å². The number of nitrogens with one attached hydrogen (secondary N) is 1. The highest BCUT2D eigenvalue weighted by Gasteiger charge is 3.10. The highest BCUT2D eigenvalue weighted by Crippen LogP contribution is 2.90. The Kier molecular flexibility index (Phi) is 4.06. The van der Waals surface area contributed by atoms with Crippen LogP contribution in [0.15, 0.2) is 18.3 Å². The van der Waals surface area contributed by atoms with E-state index in [1.807, 2.05) is 0 Å². The van der Waals surface area contributed by atoms with E-state index in [2.05, 4.69) is 4.98 Å². The van der Waals surface area contributed by atoms with Gasteiger partial charge < -0.3 is 45.1 Å². The van der Waals surface area contributed by atoms with Crippen LogP contribution in [0.1, 0.15) is 64.4 Å². The van der Waals surface area contributed by atoms with Gasteiger partial charge in [0.25, 0.3) is 0 Å². The molecule has 0 amide bonds. The standard InChI is InChI=1S/C25H35NO9/c1-12(2)22(31)17(34-16(28)14-7-6-10-26-14)23(32)18(4)11-21(30)19(22,5)25(23,33)24(35-21)15(27)13(3)8-9-20(18,24)29/h6-7,10,12-13,15,17,26-27,29-33H,8-9,11H2,1-5H3/t13-,15-,17-,18-,19+,20-,21+,22+,23+,24-,25+/m0/s1. The molecular formula is C25H35NO9. The number of aliphatic hydroxyl groups excluding tert-OH is 1. The highest BCUT2D eigenvalue weighted by atomic mass is 16.7. The fourth-order valence-electron chi connectivity index (χ4n) is 9.56. The third-order valence-corrected chi connectivity index (χ3v) is 11.3. The molecule has 10 nitrogen and oxygen atoms in total. The van der Waals surface area contributed by atoms with Crippen LogP contribution in [0, 0.1) is 22.7 Å². The second kappa shape index (κ2) is 5.96. The molecule has 10 heteroatoms. The van der Waals surface area contributed by atoms with Gasteiger partial charge in [-0.25, -0.2) is 4.79 Å². The maximum Gasteiger partial charge on any atom is 0.355 e. The van der Waals surface area contributed by atoms with Crippen molar-refractivity contribution < 1.29 is 44.9 Å². The van der Waals surface area contributed by atoms with E-state index < -0.39 is 74.6 Å². The van der Waals surface area contributed by atoms with E-state index in [0.717, 1.165) is 0 Å². The highest BCUT2D eigenvalue weighted by molar-refractivity contribution is 5.87. The second-order valence-corrected chi connectivity index (χ2v) is 12.4.